The van der Waals surface area contributed by atoms with Gasteiger partial charge in [-0.3, -0.25) is 9.89 Å². The molecule has 1 aromatic rings. The van der Waals surface area contributed by atoms with Crippen LogP contribution in [0.4, 0.5) is 18.9 Å². The molecule has 2 aliphatic heterocycles. The number of likely N-dealkylation sites (tertiary alicyclic amines) is 1. The zero-order valence-corrected chi connectivity index (χ0v) is 20.3. The Bertz CT molecular complexity index is 717. The summed E-state index contributed by atoms with van der Waals surface area (Å²) in [4.78, 5) is 10.6. The fourth-order valence-electron chi connectivity index (χ4n) is 4.28. The monoisotopic (exact) mass is 539 g/mol. The van der Waals surface area contributed by atoms with Gasteiger partial charge in [0.2, 0.25) is 0 Å². The van der Waals surface area contributed by atoms with Crippen LogP contribution >= 0.6 is 24.0 Å². The first-order valence-electron chi connectivity index (χ1n) is 10.3. The van der Waals surface area contributed by atoms with E-state index in [0.717, 1.165) is 38.6 Å². The fraction of sp³-hybridized carbons (Fsp3) is 0.667. The number of nitrogens with one attached hydrogen (secondary N) is 1. The van der Waals surface area contributed by atoms with Gasteiger partial charge >= 0.3 is 6.18 Å². The van der Waals surface area contributed by atoms with Crippen molar-refractivity contribution in [1.29, 1.82) is 0 Å². The van der Waals surface area contributed by atoms with Crippen molar-refractivity contribution < 1.29 is 13.2 Å². The lowest BCUT2D eigenvalue weighted by Gasteiger charge is -2.38. The van der Waals surface area contributed by atoms with Gasteiger partial charge < -0.3 is 15.1 Å². The Morgan fingerprint density at radius 3 is 2.47 bits per heavy atom. The number of hydrogen-bond acceptors (Lipinski definition) is 3. The summed E-state index contributed by atoms with van der Waals surface area (Å²) in [5, 5.41) is 3.39. The number of hydrogen-bond donors (Lipinski definition) is 1. The van der Waals surface area contributed by atoms with Crippen molar-refractivity contribution in [3.63, 3.8) is 0 Å². The summed E-state index contributed by atoms with van der Waals surface area (Å²) in [7, 11) is 1.77. The van der Waals surface area contributed by atoms with E-state index in [-0.39, 0.29) is 29.9 Å². The molecule has 1 aromatic carbocycles. The molecular formula is C21H33F3IN5. The molecule has 0 amide bonds. The van der Waals surface area contributed by atoms with Crippen molar-refractivity contribution in [3.8, 4) is 0 Å². The van der Waals surface area contributed by atoms with Gasteiger partial charge in [-0.05, 0) is 49.9 Å². The molecule has 30 heavy (non-hydrogen) atoms. The summed E-state index contributed by atoms with van der Waals surface area (Å²) in [6, 6.07) is 6.42. The Morgan fingerprint density at radius 1 is 1.13 bits per heavy atom. The molecule has 0 saturated carbocycles. The van der Waals surface area contributed by atoms with Gasteiger partial charge in [-0.2, -0.15) is 13.2 Å². The fourth-order valence-corrected chi connectivity index (χ4v) is 4.28. The van der Waals surface area contributed by atoms with E-state index < -0.39 is 12.7 Å². The number of guanidine groups is 1. The smallest absolute Gasteiger partial charge is 0.368 e. The van der Waals surface area contributed by atoms with Crippen LogP contribution in [-0.4, -0.2) is 81.3 Å². The lowest BCUT2D eigenvalue weighted by Crippen LogP contribution is -2.53. The first-order chi connectivity index (χ1) is 13.8. The minimum absolute atomic E-state index is 0. The SMILES string of the molecule is CN=C(NCC1CCN(CC(F)(F)F)C1)N1CCN(c2cccc(C)c2C)CC1.I. The molecule has 1 atom stereocenters. The maximum atomic E-state index is 12.6. The predicted octanol–water partition coefficient (Wildman–Crippen LogP) is 3.50. The van der Waals surface area contributed by atoms with Crippen molar-refractivity contribution in [3.05, 3.63) is 29.3 Å². The third-order valence-electron chi connectivity index (χ3n) is 6.03. The van der Waals surface area contributed by atoms with E-state index >= 15 is 0 Å². The highest BCUT2D eigenvalue weighted by Gasteiger charge is 2.34. The average molecular weight is 539 g/mol. The molecule has 2 heterocycles. The van der Waals surface area contributed by atoms with Crippen LogP contribution in [0.2, 0.25) is 0 Å². The van der Waals surface area contributed by atoms with E-state index in [1.54, 1.807) is 7.05 Å². The molecule has 0 aromatic heterocycles. The summed E-state index contributed by atoms with van der Waals surface area (Å²) in [5.74, 6) is 1.07. The van der Waals surface area contributed by atoms with Crippen LogP contribution in [0, 0.1) is 19.8 Å². The molecule has 0 aliphatic carbocycles. The molecule has 0 radical (unpaired) electrons. The normalized spacial score (nSPS) is 21.0. The van der Waals surface area contributed by atoms with Crippen LogP contribution in [-0.2, 0) is 0 Å². The van der Waals surface area contributed by atoms with Crippen LogP contribution in [0.3, 0.4) is 0 Å². The van der Waals surface area contributed by atoms with Crippen LogP contribution in [0.5, 0.6) is 0 Å². The molecule has 2 saturated heterocycles. The van der Waals surface area contributed by atoms with Gasteiger partial charge in [-0.25, -0.2) is 0 Å². The lowest BCUT2D eigenvalue weighted by molar-refractivity contribution is -0.143. The number of aliphatic imine (C=N–C) groups is 1. The molecule has 1 unspecified atom stereocenters. The Morgan fingerprint density at radius 2 is 1.83 bits per heavy atom. The van der Waals surface area contributed by atoms with Gasteiger partial charge in [-0.15, -0.1) is 24.0 Å². The Balaban J connectivity index is 0.00000320. The van der Waals surface area contributed by atoms with E-state index in [0.29, 0.717) is 19.6 Å². The quantitative estimate of drug-likeness (QED) is 0.361. The minimum Gasteiger partial charge on any atom is -0.368 e. The van der Waals surface area contributed by atoms with E-state index in [1.165, 1.54) is 21.7 Å². The van der Waals surface area contributed by atoms with Crippen LogP contribution in [0.1, 0.15) is 17.5 Å². The summed E-state index contributed by atoms with van der Waals surface area (Å²) >= 11 is 0. The van der Waals surface area contributed by atoms with Gasteiger partial charge in [0.15, 0.2) is 5.96 Å². The van der Waals surface area contributed by atoms with E-state index in [2.05, 4.69) is 52.2 Å². The summed E-state index contributed by atoms with van der Waals surface area (Å²) in [5.41, 5.74) is 3.93. The topological polar surface area (TPSA) is 34.1 Å². The minimum atomic E-state index is -4.12. The second-order valence-electron chi connectivity index (χ2n) is 8.13. The number of alkyl halides is 3. The van der Waals surface area contributed by atoms with Gasteiger partial charge in [0.25, 0.3) is 0 Å². The molecule has 170 valence electrons. The number of rotatable bonds is 4. The maximum Gasteiger partial charge on any atom is 0.401 e. The molecule has 5 nitrogen and oxygen atoms in total. The van der Waals surface area contributed by atoms with Crippen molar-refractivity contribution >= 4 is 35.6 Å². The van der Waals surface area contributed by atoms with Crippen LogP contribution in [0.15, 0.2) is 23.2 Å². The third kappa shape index (κ3) is 6.63. The summed E-state index contributed by atoms with van der Waals surface area (Å²) in [6.45, 7) is 8.76. The highest BCUT2D eigenvalue weighted by atomic mass is 127. The third-order valence-corrected chi connectivity index (χ3v) is 6.03. The van der Waals surface area contributed by atoms with Gasteiger partial charge in [-0.1, -0.05) is 12.1 Å². The Kier molecular flexibility index (Phi) is 9.08. The van der Waals surface area contributed by atoms with Crippen LogP contribution in [0.25, 0.3) is 0 Å². The number of nitrogens with zero attached hydrogens (tertiary/aromatic N) is 4. The Labute approximate surface area is 194 Å². The predicted molar refractivity (Wildman–Crippen MR) is 127 cm³/mol. The molecule has 3 rings (SSSR count). The van der Waals surface area contributed by atoms with E-state index in [9.17, 15) is 13.2 Å². The average Bonchev–Trinajstić information content (AvgIpc) is 3.10. The second kappa shape index (κ2) is 10.9. The van der Waals surface area contributed by atoms with E-state index in [4.69, 9.17) is 0 Å². The number of halogens is 4. The standard InChI is InChI=1S/C21H32F3N5.HI/c1-16-5-4-6-19(17(16)2)28-9-11-29(12-10-28)20(25-3)26-13-18-7-8-27(14-18)15-21(22,23)24;/h4-6,18H,7-15H2,1-3H3,(H,25,26);1H. The molecule has 0 spiro atoms. The molecule has 9 heteroatoms. The highest BCUT2D eigenvalue weighted by Crippen LogP contribution is 2.24. The number of anilines is 1. The second-order valence-corrected chi connectivity index (χ2v) is 8.13. The van der Waals surface area contributed by atoms with Crippen molar-refractivity contribution in [2.45, 2.75) is 26.4 Å². The maximum absolute atomic E-state index is 12.6. The van der Waals surface area contributed by atoms with Crippen LogP contribution < -0.4 is 10.2 Å². The zero-order valence-electron chi connectivity index (χ0n) is 18.0. The largest absolute Gasteiger partial charge is 0.401 e. The summed E-state index contributed by atoms with van der Waals surface area (Å²) in [6.07, 6.45) is -3.33. The molecule has 2 aliphatic rings. The first-order valence-corrected chi connectivity index (χ1v) is 10.3. The number of aryl methyl sites for hydroxylation is 1. The van der Waals surface area contributed by atoms with Crippen molar-refractivity contribution in [2.24, 2.45) is 10.9 Å². The van der Waals surface area contributed by atoms with Gasteiger partial charge in [0, 0.05) is 52.0 Å². The van der Waals surface area contributed by atoms with Gasteiger partial charge in [0.05, 0.1) is 6.54 Å². The number of piperazine rings is 1. The highest BCUT2D eigenvalue weighted by molar-refractivity contribution is 14.0. The molecule has 0 bridgehead atoms. The number of benzene rings is 1. The summed E-state index contributed by atoms with van der Waals surface area (Å²) < 4.78 is 37.7. The van der Waals surface area contributed by atoms with E-state index in [1.807, 2.05) is 0 Å². The lowest BCUT2D eigenvalue weighted by atomic mass is 10.1. The zero-order chi connectivity index (χ0) is 21.0. The Hall–Kier alpha value is -1.23. The van der Waals surface area contributed by atoms with Crippen molar-refractivity contribution in [1.82, 2.24) is 15.1 Å². The van der Waals surface area contributed by atoms with Crippen molar-refractivity contribution in [2.75, 3.05) is 64.3 Å². The first kappa shape index (κ1) is 25.0. The molecular weight excluding hydrogens is 506 g/mol. The van der Waals surface area contributed by atoms with Gasteiger partial charge in [0.1, 0.15) is 0 Å². The molecule has 1 N–H and O–H groups in total. The molecule has 2 fully saturated rings.